The molecule has 31 heavy (non-hydrogen) atoms. The van der Waals surface area contributed by atoms with E-state index < -0.39 is 0 Å². The number of thiophene rings is 1. The lowest BCUT2D eigenvalue weighted by Crippen LogP contribution is -2.34. The standard InChI is InChI=1S/C25H32N2O2S2/c1-5-7-8-9-14-30-24-26-22-21(19-15-25(4,6-2)29-16-20(19)31-22)23(28)27(24)18-12-10-17(3)11-13-18/h10-13H,5-9,14-16H2,1-4H3. The summed E-state index contributed by atoms with van der Waals surface area (Å²) in [6.07, 6.45) is 6.54. The van der Waals surface area contributed by atoms with Crippen molar-refractivity contribution < 1.29 is 4.74 Å². The number of aromatic nitrogens is 2. The minimum absolute atomic E-state index is 0.0581. The second kappa shape index (κ2) is 9.47. The minimum Gasteiger partial charge on any atom is -0.369 e. The number of nitrogens with zero attached hydrogens (tertiary/aromatic N) is 2. The Morgan fingerprint density at radius 2 is 1.97 bits per heavy atom. The molecule has 4 nitrogen and oxygen atoms in total. The molecule has 6 heteroatoms. The van der Waals surface area contributed by atoms with Gasteiger partial charge in [-0.25, -0.2) is 4.98 Å². The quantitative estimate of drug-likeness (QED) is 0.216. The number of unbranched alkanes of at least 4 members (excludes halogenated alkanes) is 3. The van der Waals surface area contributed by atoms with Gasteiger partial charge in [-0.2, -0.15) is 0 Å². The number of benzene rings is 1. The molecule has 0 bridgehead atoms. The van der Waals surface area contributed by atoms with Crippen LogP contribution < -0.4 is 5.56 Å². The molecule has 0 spiro atoms. The number of thioether (sulfide) groups is 1. The third-order valence-corrected chi connectivity index (χ3v) is 8.37. The minimum atomic E-state index is -0.213. The third kappa shape index (κ3) is 4.62. The van der Waals surface area contributed by atoms with E-state index in [1.807, 2.05) is 16.7 Å². The highest BCUT2D eigenvalue weighted by atomic mass is 32.2. The van der Waals surface area contributed by atoms with Crippen LogP contribution in [0.5, 0.6) is 0 Å². The zero-order valence-electron chi connectivity index (χ0n) is 19.0. The maximum Gasteiger partial charge on any atom is 0.267 e. The second-order valence-electron chi connectivity index (χ2n) is 8.73. The highest BCUT2D eigenvalue weighted by Crippen LogP contribution is 2.39. The van der Waals surface area contributed by atoms with Gasteiger partial charge in [-0.1, -0.05) is 62.6 Å². The van der Waals surface area contributed by atoms with E-state index in [4.69, 9.17) is 9.72 Å². The molecule has 0 N–H and O–H groups in total. The Morgan fingerprint density at radius 3 is 2.68 bits per heavy atom. The molecule has 4 rings (SSSR count). The van der Waals surface area contributed by atoms with E-state index in [2.05, 4.69) is 39.8 Å². The smallest absolute Gasteiger partial charge is 0.267 e. The van der Waals surface area contributed by atoms with E-state index in [-0.39, 0.29) is 11.2 Å². The summed E-state index contributed by atoms with van der Waals surface area (Å²) in [6, 6.07) is 8.19. The van der Waals surface area contributed by atoms with E-state index in [0.29, 0.717) is 6.61 Å². The SMILES string of the molecule is CCCCCCSc1nc2sc3c(c2c(=O)n1-c1ccc(C)cc1)CC(C)(CC)OC3. The van der Waals surface area contributed by atoms with Gasteiger partial charge in [-0.05, 0) is 44.4 Å². The molecule has 1 atom stereocenters. The van der Waals surface area contributed by atoms with Crippen LogP contribution in [0.4, 0.5) is 0 Å². The molecule has 3 heterocycles. The molecule has 0 saturated heterocycles. The van der Waals surface area contributed by atoms with Gasteiger partial charge < -0.3 is 4.74 Å². The molecule has 1 aliphatic rings. The zero-order chi connectivity index (χ0) is 22.0. The van der Waals surface area contributed by atoms with Crippen molar-refractivity contribution in [3.8, 4) is 5.69 Å². The number of hydrogen-bond acceptors (Lipinski definition) is 5. The average Bonchev–Trinajstić information content (AvgIpc) is 3.12. The van der Waals surface area contributed by atoms with Crippen molar-refractivity contribution in [3.05, 3.63) is 50.6 Å². The number of hydrogen-bond donors (Lipinski definition) is 0. The summed E-state index contributed by atoms with van der Waals surface area (Å²) in [5.74, 6) is 0.978. The van der Waals surface area contributed by atoms with Crippen molar-refractivity contribution >= 4 is 33.3 Å². The highest BCUT2D eigenvalue weighted by Gasteiger charge is 2.33. The lowest BCUT2D eigenvalue weighted by Gasteiger charge is -2.32. The van der Waals surface area contributed by atoms with Gasteiger partial charge in [-0.15, -0.1) is 11.3 Å². The fourth-order valence-corrected chi connectivity index (χ4v) is 6.19. The summed E-state index contributed by atoms with van der Waals surface area (Å²) in [7, 11) is 0. The summed E-state index contributed by atoms with van der Waals surface area (Å²) >= 11 is 3.33. The molecule has 0 radical (unpaired) electrons. The maximum absolute atomic E-state index is 13.9. The van der Waals surface area contributed by atoms with Crippen molar-refractivity contribution in [2.45, 2.75) is 83.6 Å². The monoisotopic (exact) mass is 456 g/mol. The first kappa shape index (κ1) is 22.6. The van der Waals surface area contributed by atoms with E-state index in [1.165, 1.54) is 24.8 Å². The van der Waals surface area contributed by atoms with Crippen molar-refractivity contribution in [1.82, 2.24) is 9.55 Å². The highest BCUT2D eigenvalue weighted by molar-refractivity contribution is 7.99. The van der Waals surface area contributed by atoms with E-state index >= 15 is 0 Å². The Bertz CT molecular complexity index is 1120. The molecule has 0 amide bonds. The van der Waals surface area contributed by atoms with Gasteiger partial charge in [0, 0.05) is 17.1 Å². The molecule has 166 valence electrons. The molecule has 3 aromatic rings. The molecule has 1 aromatic carbocycles. The van der Waals surface area contributed by atoms with Crippen molar-refractivity contribution in [2.75, 3.05) is 5.75 Å². The number of aryl methyl sites for hydroxylation is 1. The van der Waals surface area contributed by atoms with E-state index in [0.717, 1.165) is 56.5 Å². The van der Waals surface area contributed by atoms with Gasteiger partial charge >= 0.3 is 0 Å². The lowest BCUT2D eigenvalue weighted by molar-refractivity contribution is -0.0543. The third-order valence-electron chi connectivity index (χ3n) is 6.25. The molecule has 2 aromatic heterocycles. The molecule has 0 fully saturated rings. The van der Waals surface area contributed by atoms with Crippen LogP contribution in [0.25, 0.3) is 15.9 Å². The molecular weight excluding hydrogens is 424 g/mol. The first-order valence-corrected chi connectivity index (χ1v) is 13.2. The fraction of sp³-hybridized carbons (Fsp3) is 0.520. The topological polar surface area (TPSA) is 44.1 Å². The summed E-state index contributed by atoms with van der Waals surface area (Å²) in [6.45, 7) is 9.16. The van der Waals surface area contributed by atoms with Gasteiger partial charge in [0.15, 0.2) is 5.16 Å². The Balaban J connectivity index is 1.81. The van der Waals surface area contributed by atoms with Crippen molar-refractivity contribution in [3.63, 3.8) is 0 Å². The summed E-state index contributed by atoms with van der Waals surface area (Å²) in [4.78, 5) is 20.9. The van der Waals surface area contributed by atoms with Crippen LogP contribution in [-0.2, 0) is 17.8 Å². The van der Waals surface area contributed by atoms with Crippen LogP contribution in [0.15, 0.2) is 34.2 Å². The van der Waals surface area contributed by atoms with Gasteiger partial charge in [0.1, 0.15) is 4.83 Å². The summed E-state index contributed by atoms with van der Waals surface area (Å²) in [5.41, 5.74) is 3.07. The first-order chi connectivity index (χ1) is 15.0. The van der Waals surface area contributed by atoms with Crippen molar-refractivity contribution in [2.24, 2.45) is 0 Å². The Morgan fingerprint density at radius 1 is 1.19 bits per heavy atom. The van der Waals surface area contributed by atoms with Crippen LogP contribution in [-0.4, -0.2) is 20.9 Å². The van der Waals surface area contributed by atoms with E-state index in [9.17, 15) is 4.79 Å². The second-order valence-corrected chi connectivity index (χ2v) is 10.9. The van der Waals surface area contributed by atoms with Crippen LogP contribution in [0, 0.1) is 6.92 Å². The number of fused-ring (bicyclic) bond motifs is 3. The van der Waals surface area contributed by atoms with Crippen molar-refractivity contribution in [1.29, 1.82) is 0 Å². The predicted octanol–water partition coefficient (Wildman–Crippen LogP) is 6.67. The normalized spacial score (nSPS) is 18.5. The van der Waals surface area contributed by atoms with Crippen LogP contribution in [0.1, 0.15) is 68.9 Å². The molecule has 1 unspecified atom stereocenters. The Labute approximate surface area is 193 Å². The van der Waals surface area contributed by atoms with Gasteiger partial charge in [0.25, 0.3) is 5.56 Å². The molecule has 0 aliphatic carbocycles. The van der Waals surface area contributed by atoms with E-state index in [1.54, 1.807) is 23.1 Å². The van der Waals surface area contributed by atoms with Gasteiger partial charge in [0.2, 0.25) is 0 Å². The zero-order valence-corrected chi connectivity index (χ0v) is 20.6. The average molecular weight is 457 g/mol. The first-order valence-electron chi connectivity index (χ1n) is 11.4. The maximum atomic E-state index is 13.9. The Hall–Kier alpha value is -1.63. The lowest BCUT2D eigenvalue weighted by atomic mass is 9.90. The van der Waals surface area contributed by atoms with Crippen LogP contribution >= 0.6 is 23.1 Å². The Kier molecular flexibility index (Phi) is 6.89. The largest absolute Gasteiger partial charge is 0.369 e. The predicted molar refractivity (Wildman–Crippen MR) is 132 cm³/mol. The molecule has 0 saturated carbocycles. The number of rotatable bonds is 8. The van der Waals surface area contributed by atoms with Crippen LogP contribution in [0.3, 0.4) is 0 Å². The number of ether oxygens (including phenoxy) is 1. The van der Waals surface area contributed by atoms with Crippen LogP contribution in [0.2, 0.25) is 0 Å². The molecular formula is C25H32N2O2S2. The molecule has 1 aliphatic heterocycles. The van der Waals surface area contributed by atoms with Gasteiger partial charge in [0.05, 0.1) is 23.3 Å². The summed E-state index contributed by atoms with van der Waals surface area (Å²) < 4.78 is 7.97. The summed E-state index contributed by atoms with van der Waals surface area (Å²) in [5, 5.41) is 1.59. The van der Waals surface area contributed by atoms with Gasteiger partial charge in [-0.3, -0.25) is 9.36 Å². The fourth-order valence-electron chi connectivity index (χ4n) is 4.04.